The number of ether oxygens (including phenoxy) is 1. The van der Waals surface area contributed by atoms with Crippen molar-refractivity contribution in [2.45, 2.75) is 13.0 Å². The molecule has 1 amide bonds. The second kappa shape index (κ2) is 11.7. The SMILES string of the molecule is O=C1c2ccc(Oc3c(Cl)nc(-c4ccc(-n5ncc(=O)[nH]c5=O)cc4)c4cccc(Cl)c34)cc2CCN1Cc1ccccc1. The summed E-state index contributed by atoms with van der Waals surface area (Å²) in [5.41, 5.74) is 3.14. The van der Waals surface area contributed by atoms with Gasteiger partial charge in [0.25, 0.3) is 11.5 Å². The first-order valence-corrected chi connectivity index (χ1v) is 14.8. The van der Waals surface area contributed by atoms with Crippen molar-refractivity contribution in [3.63, 3.8) is 0 Å². The molecule has 9 nitrogen and oxygen atoms in total. The van der Waals surface area contributed by atoms with Crippen LogP contribution in [0.4, 0.5) is 0 Å². The van der Waals surface area contributed by atoms with E-state index in [1.54, 1.807) is 42.5 Å². The number of pyridine rings is 1. The number of rotatable bonds is 6. The fourth-order valence-electron chi connectivity index (χ4n) is 5.52. The molecule has 45 heavy (non-hydrogen) atoms. The molecule has 0 unspecified atom stereocenters. The highest BCUT2D eigenvalue weighted by Crippen LogP contribution is 2.43. The summed E-state index contributed by atoms with van der Waals surface area (Å²) in [5, 5.41) is 5.72. The zero-order chi connectivity index (χ0) is 31.1. The van der Waals surface area contributed by atoms with Gasteiger partial charge in [-0.3, -0.25) is 14.6 Å². The second-order valence-electron chi connectivity index (χ2n) is 10.5. The van der Waals surface area contributed by atoms with Crippen LogP contribution in [-0.4, -0.2) is 37.1 Å². The number of hydrogen-bond acceptors (Lipinski definition) is 6. The molecule has 3 heterocycles. The summed E-state index contributed by atoms with van der Waals surface area (Å²) in [6.45, 7) is 1.16. The molecule has 11 heteroatoms. The van der Waals surface area contributed by atoms with E-state index in [2.05, 4.69) is 15.1 Å². The van der Waals surface area contributed by atoms with Crippen LogP contribution >= 0.6 is 23.2 Å². The van der Waals surface area contributed by atoms with Gasteiger partial charge in [0.05, 0.1) is 16.4 Å². The fourth-order valence-corrected chi connectivity index (χ4v) is 6.00. The van der Waals surface area contributed by atoms with Crippen molar-refractivity contribution in [2.24, 2.45) is 0 Å². The van der Waals surface area contributed by atoms with Crippen LogP contribution in [0, 0.1) is 0 Å². The molecule has 0 atom stereocenters. The van der Waals surface area contributed by atoms with Gasteiger partial charge in [-0.25, -0.2) is 9.78 Å². The molecule has 222 valence electrons. The molecule has 7 rings (SSSR count). The number of carbonyl (C=O) groups is 1. The minimum absolute atomic E-state index is 0.0172. The summed E-state index contributed by atoms with van der Waals surface area (Å²) in [7, 11) is 0. The van der Waals surface area contributed by atoms with Gasteiger partial charge in [0.2, 0.25) is 0 Å². The number of nitrogens with zero attached hydrogens (tertiary/aromatic N) is 4. The molecule has 0 aliphatic carbocycles. The largest absolute Gasteiger partial charge is 0.453 e. The highest BCUT2D eigenvalue weighted by Gasteiger charge is 2.25. The average molecular weight is 636 g/mol. The molecule has 2 aromatic heterocycles. The van der Waals surface area contributed by atoms with Crippen molar-refractivity contribution in [1.29, 1.82) is 0 Å². The van der Waals surface area contributed by atoms with Crippen molar-refractivity contribution in [3.05, 3.63) is 145 Å². The van der Waals surface area contributed by atoms with Gasteiger partial charge in [-0.15, -0.1) is 0 Å². The topological polar surface area (TPSA) is 110 Å². The van der Waals surface area contributed by atoms with E-state index in [4.69, 9.17) is 27.9 Å². The predicted octanol–water partition coefficient (Wildman–Crippen LogP) is 6.43. The Bertz CT molecular complexity index is 2220. The first kappa shape index (κ1) is 28.5. The van der Waals surface area contributed by atoms with E-state index in [1.807, 2.05) is 53.4 Å². The fraction of sp³-hybridized carbons (Fsp3) is 0.0882. The third-order valence-corrected chi connectivity index (χ3v) is 8.24. The number of carbonyl (C=O) groups excluding carboxylic acids is 1. The average Bonchev–Trinajstić information content (AvgIpc) is 3.04. The molecule has 4 aromatic carbocycles. The molecule has 0 spiro atoms. The number of aromatic amines is 1. The maximum atomic E-state index is 13.3. The Kier molecular flexibility index (Phi) is 7.40. The monoisotopic (exact) mass is 635 g/mol. The number of amides is 1. The van der Waals surface area contributed by atoms with Crippen LogP contribution < -0.4 is 16.0 Å². The molecule has 1 aliphatic heterocycles. The van der Waals surface area contributed by atoms with Crippen LogP contribution in [-0.2, 0) is 13.0 Å². The Labute approximate surface area is 266 Å². The van der Waals surface area contributed by atoms with E-state index < -0.39 is 11.2 Å². The molecule has 0 saturated carbocycles. The van der Waals surface area contributed by atoms with E-state index in [0.29, 0.717) is 69.3 Å². The van der Waals surface area contributed by atoms with Crippen LogP contribution in [0.2, 0.25) is 10.2 Å². The minimum atomic E-state index is -0.647. The number of hydrogen-bond donors (Lipinski definition) is 1. The second-order valence-corrected chi connectivity index (χ2v) is 11.3. The van der Waals surface area contributed by atoms with Crippen molar-refractivity contribution < 1.29 is 9.53 Å². The number of H-pyrrole nitrogens is 1. The summed E-state index contributed by atoms with van der Waals surface area (Å²) in [4.78, 5) is 45.6. The van der Waals surface area contributed by atoms with Gasteiger partial charge >= 0.3 is 5.69 Å². The van der Waals surface area contributed by atoms with E-state index in [0.717, 1.165) is 22.0 Å². The van der Waals surface area contributed by atoms with Gasteiger partial charge < -0.3 is 9.64 Å². The van der Waals surface area contributed by atoms with Crippen molar-refractivity contribution in [3.8, 4) is 28.4 Å². The normalized spacial score (nSPS) is 12.8. The maximum Gasteiger partial charge on any atom is 0.349 e. The lowest BCUT2D eigenvalue weighted by molar-refractivity contribution is 0.0727. The van der Waals surface area contributed by atoms with Crippen LogP contribution in [0.5, 0.6) is 11.5 Å². The molecular formula is C34H23Cl2N5O4. The summed E-state index contributed by atoms with van der Waals surface area (Å²) in [6.07, 6.45) is 1.72. The quantitative estimate of drug-likeness (QED) is 0.211. The van der Waals surface area contributed by atoms with E-state index in [-0.39, 0.29) is 11.1 Å². The lowest BCUT2D eigenvalue weighted by Crippen LogP contribution is -2.37. The molecule has 1 N–H and O–H groups in total. The third kappa shape index (κ3) is 5.48. The van der Waals surface area contributed by atoms with Crippen LogP contribution in [0.3, 0.4) is 0 Å². The molecule has 0 fully saturated rings. The Morgan fingerprint density at radius 1 is 0.889 bits per heavy atom. The molecule has 0 bridgehead atoms. The highest BCUT2D eigenvalue weighted by molar-refractivity contribution is 6.38. The van der Waals surface area contributed by atoms with Crippen molar-refractivity contribution in [2.75, 3.05) is 6.54 Å². The first-order valence-electron chi connectivity index (χ1n) is 14.1. The Morgan fingerprint density at radius 3 is 2.47 bits per heavy atom. The highest BCUT2D eigenvalue weighted by atomic mass is 35.5. The van der Waals surface area contributed by atoms with Crippen LogP contribution in [0.15, 0.2) is 107 Å². The van der Waals surface area contributed by atoms with E-state index in [1.165, 1.54) is 0 Å². The minimum Gasteiger partial charge on any atom is -0.453 e. The number of fused-ring (bicyclic) bond motifs is 2. The van der Waals surface area contributed by atoms with Gasteiger partial charge in [0, 0.05) is 35.0 Å². The zero-order valence-corrected chi connectivity index (χ0v) is 25.0. The standard InChI is InChI=1S/C34H23Cl2N5O4/c35-27-8-4-7-26-29(27)31(32(36)39-30(26)21-9-11-23(12-10-21)41-34(44)38-28(42)18-37-41)45-24-13-14-25-22(17-24)15-16-40(33(25)43)19-20-5-2-1-3-6-20/h1-14,17-18H,15-16,19H2,(H,38,42,44). The number of aromatic nitrogens is 4. The Balaban J connectivity index is 1.20. The summed E-state index contributed by atoms with van der Waals surface area (Å²) in [5.74, 6) is 0.796. The van der Waals surface area contributed by atoms with Crippen LogP contribution in [0.1, 0.15) is 21.5 Å². The van der Waals surface area contributed by atoms with Gasteiger partial charge in [0.1, 0.15) is 11.9 Å². The van der Waals surface area contributed by atoms with Gasteiger partial charge in [0.15, 0.2) is 10.9 Å². The van der Waals surface area contributed by atoms with E-state index >= 15 is 0 Å². The van der Waals surface area contributed by atoms with Gasteiger partial charge in [-0.2, -0.15) is 9.78 Å². The maximum absolute atomic E-state index is 13.3. The first-order chi connectivity index (χ1) is 21.9. The predicted molar refractivity (Wildman–Crippen MR) is 173 cm³/mol. The Hall–Kier alpha value is -5.25. The number of halogens is 2. The van der Waals surface area contributed by atoms with Crippen molar-refractivity contribution >= 4 is 39.9 Å². The Morgan fingerprint density at radius 2 is 1.69 bits per heavy atom. The summed E-state index contributed by atoms with van der Waals surface area (Å²) >= 11 is 13.5. The smallest absolute Gasteiger partial charge is 0.349 e. The van der Waals surface area contributed by atoms with Gasteiger partial charge in [-0.05, 0) is 53.9 Å². The van der Waals surface area contributed by atoms with Gasteiger partial charge in [-0.1, -0.05) is 77.8 Å². The summed E-state index contributed by atoms with van der Waals surface area (Å²) in [6, 6.07) is 27.7. The van der Waals surface area contributed by atoms with E-state index in [9.17, 15) is 14.4 Å². The molecule has 1 aliphatic rings. The van der Waals surface area contributed by atoms with Crippen molar-refractivity contribution in [1.82, 2.24) is 24.6 Å². The third-order valence-electron chi connectivity index (χ3n) is 7.67. The molecular weight excluding hydrogens is 613 g/mol. The molecule has 0 saturated heterocycles. The lowest BCUT2D eigenvalue weighted by Gasteiger charge is -2.29. The van der Waals surface area contributed by atoms with Crippen LogP contribution in [0.25, 0.3) is 27.7 Å². The molecule has 0 radical (unpaired) electrons. The zero-order valence-electron chi connectivity index (χ0n) is 23.5. The number of nitrogens with one attached hydrogen (secondary N) is 1. The summed E-state index contributed by atoms with van der Waals surface area (Å²) < 4.78 is 7.43. The lowest BCUT2D eigenvalue weighted by atomic mass is 9.98. The molecule has 6 aromatic rings. The number of benzene rings is 4.